The molecule has 0 fully saturated rings. The van der Waals surface area contributed by atoms with Crippen molar-refractivity contribution in [2.45, 2.75) is 40.3 Å². The van der Waals surface area contributed by atoms with Gasteiger partial charge < -0.3 is 14.0 Å². The molecule has 0 spiro atoms. The summed E-state index contributed by atoms with van der Waals surface area (Å²) in [7, 11) is 1.31. The topological polar surface area (TPSA) is 81.3 Å². The Morgan fingerprint density at radius 1 is 1.21 bits per heavy atom. The van der Waals surface area contributed by atoms with E-state index in [9.17, 15) is 14.9 Å². The Hall–Kier alpha value is -3.33. The Bertz CT molecular complexity index is 931. The van der Waals surface area contributed by atoms with Gasteiger partial charge >= 0.3 is 11.9 Å². The van der Waals surface area contributed by atoms with E-state index < -0.39 is 11.9 Å². The second kappa shape index (κ2) is 9.56. The maximum Gasteiger partial charge on any atom is 0.349 e. The summed E-state index contributed by atoms with van der Waals surface area (Å²) in [4.78, 5) is 23.7. The summed E-state index contributed by atoms with van der Waals surface area (Å²) in [6, 6.07) is 10.4. The molecule has 0 bridgehead atoms. The normalized spacial score (nSPS) is 11.0. The Balaban J connectivity index is 2.10. The molecule has 6 nitrogen and oxygen atoms in total. The van der Waals surface area contributed by atoms with E-state index in [2.05, 4.69) is 16.2 Å². The zero-order chi connectivity index (χ0) is 20.7. The second-order valence-corrected chi connectivity index (χ2v) is 6.41. The fraction of sp³-hybridized carbons (Fsp3) is 0.318. The van der Waals surface area contributed by atoms with Gasteiger partial charge in [-0.25, -0.2) is 9.59 Å². The van der Waals surface area contributed by atoms with E-state index in [1.165, 1.54) is 7.11 Å². The number of esters is 2. The van der Waals surface area contributed by atoms with Crippen molar-refractivity contribution in [3.8, 4) is 6.07 Å². The molecule has 2 aromatic rings. The fourth-order valence-corrected chi connectivity index (χ4v) is 2.92. The minimum absolute atomic E-state index is 0.00810. The van der Waals surface area contributed by atoms with Crippen LogP contribution in [-0.4, -0.2) is 23.6 Å². The lowest BCUT2D eigenvalue weighted by Gasteiger charge is -2.07. The van der Waals surface area contributed by atoms with Gasteiger partial charge in [-0.15, -0.1) is 0 Å². The maximum atomic E-state index is 12.3. The number of nitriles is 1. The van der Waals surface area contributed by atoms with Crippen molar-refractivity contribution in [2.24, 2.45) is 0 Å². The number of hydrogen-bond donors (Lipinski definition) is 0. The van der Waals surface area contributed by atoms with E-state index in [0.717, 1.165) is 29.9 Å². The van der Waals surface area contributed by atoms with Crippen LogP contribution in [0.5, 0.6) is 0 Å². The number of aryl methyl sites for hydroxylation is 1. The van der Waals surface area contributed by atoms with Crippen molar-refractivity contribution >= 4 is 18.0 Å². The van der Waals surface area contributed by atoms with Gasteiger partial charge in [-0.3, -0.25) is 0 Å². The van der Waals surface area contributed by atoms with Gasteiger partial charge in [0.15, 0.2) is 0 Å². The number of aromatic nitrogens is 1. The number of methoxy groups -OCH3 is 1. The standard InChI is InChI=1S/C22H24N2O4/c1-5-10-24-15(2)11-19(16(24)3)12-20(13-23)22(26)28-14-17-6-8-18(9-7-17)21(25)27-4/h6-9,11-12H,5,10,14H2,1-4H3. The van der Waals surface area contributed by atoms with Gasteiger partial charge in [-0.1, -0.05) is 19.1 Å². The summed E-state index contributed by atoms with van der Waals surface area (Å²) in [5.74, 6) is -1.11. The van der Waals surface area contributed by atoms with Crippen molar-refractivity contribution < 1.29 is 19.1 Å². The van der Waals surface area contributed by atoms with Crippen LogP contribution in [0.1, 0.15) is 46.2 Å². The zero-order valence-corrected chi connectivity index (χ0v) is 16.6. The highest BCUT2D eigenvalue weighted by molar-refractivity contribution is 5.98. The summed E-state index contributed by atoms with van der Waals surface area (Å²) < 4.78 is 12.1. The molecule has 0 unspecified atom stereocenters. The van der Waals surface area contributed by atoms with Crippen LogP contribution in [0.4, 0.5) is 0 Å². The first-order chi connectivity index (χ1) is 13.4. The zero-order valence-electron chi connectivity index (χ0n) is 16.6. The Labute approximate surface area is 165 Å². The summed E-state index contributed by atoms with van der Waals surface area (Å²) in [5, 5.41) is 9.37. The maximum absolute atomic E-state index is 12.3. The number of hydrogen-bond acceptors (Lipinski definition) is 5. The molecular weight excluding hydrogens is 356 g/mol. The SMILES string of the molecule is CCCn1c(C)cc(C=C(C#N)C(=O)OCc2ccc(C(=O)OC)cc2)c1C. The molecule has 2 rings (SSSR count). The number of benzene rings is 1. The summed E-state index contributed by atoms with van der Waals surface area (Å²) in [6.07, 6.45) is 2.57. The smallest absolute Gasteiger partial charge is 0.349 e. The predicted octanol–water partition coefficient (Wildman–Crippen LogP) is 3.95. The molecule has 146 valence electrons. The van der Waals surface area contributed by atoms with Crippen molar-refractivity contribution in [1.29, 1.82) is 5.26 Å². The van der Waals surface area contributed by atoms with Crippen molar-refractivity contribution in [3.05, 3.63) is 64.0 Å². The number of carbonyl (C=O) groups excluding carboxylic acids is 2. The summed E-state index contributed by atoms with van der Waals surface area (Å²) in [5.41, 5.74) is 4.00. The Morgan fingerprint density at radius 3 is 2.46 bits per heavy atom. The molecule has 0 aliphatic rings. The van der Waals surface area contributed by atoms with Crippen LogP contribution in [0.2, 0.25) is 0 Å². The van der Waals surface area contributed by atoms with Crippen molar-refractivity contribution in [1.82, 2.24) is 4.57 Å². The largest absolute Gasteiger partial charge is 0.465 e. The fourth-order valence-electron chi connectivity index (χ4n) is 2.92. The van der Waals surface area contributed by atoms with Gasteiger partial charge in [0.2, 0.25) is 0 Å². The molecule has 1 aromatic heterocycles. The molecule has 0 aliphatic carbocycles. The quantitative estimate of drug-likeness (QED) is 0.413. The number of nitrogens with zero attached hydrogens (tertiary/aromatic N) is 2. The van der Waals surface area contributed by atoms with Crippen LogP contribution in [0.3, 0.4) is 0 Å². The lowest BCUT2D eigenvalue weighted by Crippen LogP contribution is -2.07. The van der Waals surface area contributed by atoms with E-state index in [1.54, 1.807) is 30.3 Å². The second-order valence-electron chi connectivity index (χ2n) is 6.41. The van der Waals surface area contributed by atoms with Gasteiger partial charge in [0.25, 0.3) is 0 Å². The van der Waals surface area contributed by atoms with Crippen LogP contribution in [0.15, 0.2) is 35.9 Å². The van der Waals surface area contributed by atoms with Crippen molar-refractivity contribution in [3.63, 3.8) is 0 Å². The van der Waals surface area contributed by atoms with Crippen LogP contribution < -0.4 is 0 Å². The molecule has 0 N–H and O–H groups in total. The molecular formula is C22H24N2O4. The van der Waals surface area contributed by atoms with Crippen LogP contribution in [0.25, 0.3) is 6.08 Å². The highest BCUT2D eigenvalue weighted by Crippen LogP contribution is 2.19. The average molecular weight is 380 g/mol. The molecule has 1 aromatic carbocycles. The van der Waals surface area contributed by atoms with Crippen LogP contribution >= 0.6 is 0 Å². The first kappa shape index (κ1) is 21.0. The minimum Gasteiger partial charge on any atom is -0.465 e. The van der Waals surface area contributed by atoms with Gasteiger partial charge in [0, 0.05) is 17.9 Å². The number of ether oxygens (including phenoxy) is 2. The molecule has 28 heavy (non-hydrogen) atoms. The van der Waals surface area contributed by atoms with E-state index in [-0.39, 0.29) is 12.2 Å². The van der Waals surface area contributed by atoms with Crippen LogP contribution in [-0.2, 0) is 27.4 Å². The molecule has 0 radical (unpaired) electrons. The minimum atomic E-state index is -0.681. The molecule has 6 heteroatoms. The average Bonchev–Trinajstić information content (AvgIpc) is 2.97. The number of carbonyl (C=O) groups is 2. The van der Waals surface area contributed by atoms with Crippen molar-refractivity contribution in [2.75, 3.05) is 7.11 Å². The molecule has 0 saturated carbocycles. The summed E-state index contributed by atoms with van der Waals surface area (Å²) in [6.45, 7) is 6.97. The molecule has 0 atom stereocenters. The lowest BCUT2D eigenvalue weighted by atomic mass is 10.1. The highest BCUT2D eigenvalue weighted by Gasteiger charge is 2.14. The molecule has 0 saturated heterocycles. The van der Waals surface area contributed by atoms with Gasteiger partial charge in [-0.05, 0) is 55.7 Å². The predicted molar refractivity (Wildman–Crippen MR) is 105 cm³/mol. The lowest BCUT2D eigenvalue weighted by molar-refractivity contribution is -0.139. The van der Waals surface area contributed by atoms with Gasteiger partial charge in [0.1, 0.15) is 18.2 Å². The molecule has 1 heterocycles. The Kier molecular flexibility index (Phi) is 7.16. The third-order valence-electron chi connectivity index (χ3n) is 4.45. The van der Waals surface area contributed by atoms with Gasteiger partial charge in [-0.2, -0.15) is 5.26 Å². The monoisotopic (exact) mass is 380 g/mol. The van der Waals surface area contributed by atoms with E-state index >= 15 is 0 Å². The van der Waals surface area contributed by atoms with Crippen LogP contribution in [0, 0.1) is 25.2 Å². The third kappa shape index (κ3) is 4.89. The highest BCUT2D eigenvalue weighted by atomic mass is 16.5. The van der Waals surface area contributed by atoms with E-state index in [1.807, 2.05) is 26.0 Å². The molecule has 0 aliphatic heterocycles. The molecule has 0 amide bonds. The van der Waals surface area contributed by atoms with E-state index in [0.29, 0.717) is 11.1 Å². The van der Waals surface area contributed by atoms with E-state index in [4.69, 9.17) is 4.74 Å². The van der Waals surface area contributed by atoms with Gasteiger partial charge in [0.05, 0.1) is 12.7 Å². The summed E-state index contributed by atoms with van der Waals surface area (Å²) >= 11 is 0. The Morgan fingerprint density at radius 2 is 1.89 bits per heavy atom. The first-order valence-electron chi connectivity index (χ1n) is 9.04. The first-order valence-corrected chi connectivity index (χ1v) is 9.04. The number of rotatable bonds is 7. The third-order valence-corrected chi connectivity index (χ3v) is 4.45.